The fraction of sp³-hybridized carbons (Fsp3) is 0. The molecule has 0 saturated heterocycles. The first kappa shape index (κ1) is 77.8. The van der Waals surface area contributed by atoms with Crippen molar-refractivity contribution in [3.8, 4) is 45.8 Å². The van der Waals surface area contributed by atoms with Gasteiger partial charge in [0, 0.05) is 32.9 Å². The Kier molecular flexibility index (Phi) is 16.6. The van der Waals surface area contributed by atoms with Crippen molar-refractivity contribution in [1.82, 2.24) is 74.9 Å². The third-order valence-electron chi connectivity index (χ3n) is 29.4. The zero-order chi connectivity index (χ0) is 91.6. The Morgan fingerprint density at radius 3 is 0.771 bits per heavy atom. The molecule has 0 amide bonds. The normalized spacial score (nSPS) is 12.4. The van der Waals surface area contributed by atoms with E-state index < -0.39 is 16.1 Å². The minimum Gasteiger partial charge on any atom is -0.294 e. The SMILES string of the molecule is c1ccc([Si](c2ccccc2)(c2cccc(-n3c4ccccc4n4c5ccccc5nc34)c2)c2cc(-n3c4ccccc4c4ccccc43)nc(-n3c4ccccc4c4cc(-c5ccc6c(c5)nc5n(-c7cc([Si](c8ccccc8)(c8ccccc8)c8cccc(-n9c%10ccccc%10n%10c%11ccccc%11nc9%10)c8)cc(-n8c9ccccc9n9c%10ccccc%10nc89)n7)c7ccccc7n65)ccc43)c2)cc1. The molecule has 0 aliphatic heterocycles. The van der Waals surface area contributed by atoms with Crippen LogP contribution in [-0.4, -0.2) is 91.1 Å². The molecule has 0 bridgehead atoms. The van der Waals surface area contributed by atoms with Crippen molar-refractivity contribution in [1.29, 1.82) is 0 Å². The highest BCUT2D eigenvalue weighted by molar-refractivity contribution is 7.20. The molecule has 0 aliphatic carbocycles. The highest BCUT2D eigenvalue weighted by atomic mass is 28.3. The second-order valence-corrected chi connectivity index (χ2v) is 44.2. The van der Waals surface area contributed by atoms with Crippen molar-refractivity contribution < 1.29 is 0 Å². The molecule has 30 rings (SSSR count). The number of imidazole rings is 8. The molecule has 0 spiro atoms. The van der Waals surface area contributed by atoms with Gasteiger partial charge in [0.1, 0.15) is 23.3 Å². The van der Waals surface area contributed by atoms with Crippen molar-refractivity contribution in [2.24, 2.45) is 0 Å². The van der Waals surface area contributed by atoms with Gasteiger partial charge in [-0.05, 0) is 229 Å². The first-order valence-corrected chi connectivity index (χ1v) is 51.5. The molecule has 0 aliphatic rings. The molecule has 0 unspecified atom stereocenters. The number of para-hydroxylation sites is 17. The van der Waals surface area contributed by atoms with E-state index in [1.54, 1.807) is 0 Å². The van der Waals surface area contributed by atoms with Crippen molar-refractivity contribution in [2.45, 2.75) is 0 Å². The van der Waals surface area contributed by atoms with E-state index in [-0.39, 0.29) is 0 Å². The van der Waals surface area contributed by atoms with Gasteiger partial charge in [-0.15, -0.1) is 0 Å². The van der Waals surface area contributed by atoms with Crippen LogP contribution in [0.3, 0.4) is 0 Å². The van der Waals surface area contributed by atoms with Gasteiger partial charge in [-0.1, -0.05) is 297 Å². The minimum absolute atomic E-state index is 0.701. The monoisotopic (exact) mass is 1820 g/mol. The summed E-state index contributed by atoms with van der Waals surface area (Å²) in [6, 6.07) is 174. The number of hydrogen-bond donors (Lipinski definition) is 0. The van der Waals surface area contributed by atoms with Gasteiger partial charge in [-0.25, -0.2) is 29.9 Å². The number of hydrogen-bond acceptors (Lipinski definition) is 6. The lowest BCUT2D eigenvalue weighted by atomic mass is 10.0. The molecule has 12 aromatic heterocycles. The summed E-state index contributed by atoms with van der Waals surface area (Å²) in [5.41, 5.74) is 24.2. The molecule has 0 N–H and O–H groups in total. The molecule has 0 fully saturated rings. The lowest BCUT2D eigenvalue weighted by molar-refractivity contribution is 0.985. The molecule has 0 radical (unpaired) electrons. The van der Waals surface area contributed by atoms with E-state index in [9.17, 15) is 0 Å². The largest absolute Gasteiger partial charge is 0.294 e. The van der Waals surface area contributed by atoms with Crippen LogP contribution in [-0.2, 0) is 0 Å². The van der Waals surface area contributed by atoms with Crippen molar-refractivity contribution in [3.05, 3.63) is 473 Å². The summed E-state index contributed by atoms with van der Waals surface area (Å²) >= 11 is 0. The maximum Gasteiger partial charge on any atom is 0.221 e. The first-order chi connectivity index (χ1) is 69.4. The van der Waals surface area contributed by atoms with Crippen molar-refractivity contribution in [3.63, 3.8) is 0 Å². The van der Waals surface area contributed by atoms with Crippen LogP contribution in [0.5, 0.6) is 0 Å². The maximum absolute atomic E-state index is 6.09. The molecule has 0 saturated carbocycles. The van der Waals surface area contributed by atoms with E-state index in [1.165, 1.54) is 36.3 Å². The molecule has 18 heteroatoms. The molecule has 654 valence electrons. The van der Waals surface area contributed by atoms with E-state index in [4.69, 9.17) is 29.9 Å². The summed E-state index contributed by atoms with van der Waals surface area (Å²) in [6.07, 6.45) is 0. The summed E-state index contributed by atoms with van der Waals surface area (Å²) in [6.45, 7) is 0. The molecule has 16 nitrogen and oxygen atoms in total. The van der Waals surface area contributed by atoms with Gasteiger partial charge in [-0.3, -0.25) is 45.0 Å². The van der Waals surface area contributed by atoms with Crippen LogP contribution in [0, 0.1) is 0 Å². The summed E-state index contributed by atoms with van der Waals surface area (Å²) in [5, 5.41) is 14.0. The molecular formula is C122H78N16Si2. The Balaban J connectivity index is 0.626. The second-order valence-electron chi connectivity index (χ2n) is 36.6. The number of rotatable bonds is 15. The fourth-order valence-corrected chi connectivity index (χ4v) is 33.1. The maximum atomic E-state index is 6.09. The van der Waals surface area contributed by atoms with Crippen LogP contribution < -0.4 is 41.5 Å². The van der Waals surface area contributed by atoms with Crippen LogP contribution >= 0.6 is 0 Å². The predicted molar refractivity (Wildman–Crippen MR) is 576 cm³/mol. The molecule has 30 aromatic rings. The van der Waals surface area contributed by atoms with Gasteiger partial charge in [-0.2, -0.15) is 0 Å². The molecule has 140 heavy (non-hydrogen) atoms. The van der Waals surface area contributed by atoms with E-state index in [0.717, 1.165) is 194 Å². The molecule has 12 heterocycles. The first-order valence-electron chi connectivity index (χ1n) is 47.5. The average molecular weight is 1820 g/mol. The number of pyridine rings is 2. The van der Waals surface area contributed by atoms with E-state index >= 15 is 0 Å². The standard InChI is InChI=1S/C122H78N16Si2/c1-5-37-83(38-6-1)139(84-39-7-2-8-40-84,87-45-33-35-81(73-87)129-107-59-25-27-61-109(107)133-103-56-22-16-50-95(103)123-119(129)133)89-75-115(131-99-53-19-13-47-91(99)92-48-14-20-54-100(92)131)127-116(76-89)132-101-55-21-15-49-93(101)94-71-79(67-69-102(94)132)80-68-70-106-98(72-80)126-122-136(106)112-64-30-32-66-114(112)138(122)118-78-90(77-117(128-118)137-113-65-31-29-63-111(113)135-105-58-24-18-52-97(105)125-121(135)137)140(85-41-9-3-10-42-85,86-43-11-4-12-44-86)88-46-34-36-82(74-88)130-108-60-26-28-62-110(108)134-104-57-23-17-51-96(104)124-120(130)134/h1-78H. The Morgan fingerprint density at radius 1 is 0.143 bits per heavy atom. The van der Waals surface area contributed by atoms with Crippen LogP contribution in [0.15, 0.2) is 473 Å². The number of fused-ring (bicyclic) bond motifs is 26. The Morgan fingerprint density at radius 2 is 0.400 bits per heavy atom. The van der Waals surface area contributed by atoms with Crippen LogP contribution in [0.25, 0.3) is 201 Å². The topological polar surface area (TPSA) is 125 Å². The Hall–Kier alpha value is -18.6. The molecule has 0 atom stereocenters. The van der Waals surface area contributed by atoms with Gasteiger partial charge in [0.25, 0.3) is 0 Å². The van der Waals surface area contributed by atoms with Gasteiger partial charge in [0.05, 0.1) is 110 Å². The molecule has 18 aromatic carbocycles. The van der Waals surface area contributed by atoms with Gasteiger partial charge >= 0.3 is 0 Å². The zero-order valence-corrected chi connectivity index (χ0v) is 77.2. The quantitative estimate of drug-likeness (QED) is 0.0744. The Bertz CT molecular complexity index is 10300. The number of benzene rings is 18. The third-order valence-corrected chi connectivity index (χ3v) is 38.8. The second kappa shape index (κ2) is 29.9. The third kappa shape index (κ3) is 11.0. The number of nitrogens with zero attached hydrogens (tertiary/aromatic N) is 16. The highest BCUT2D eigenvalue weighted by Crippen LogP contribution is 2.42. The van der Waals surface area contributed by atoms with E-state index in [2.05, 4.69) is 518 Å². The summed E-state index contributed by atoms with van der Waals surface area (Å²) in [7, 11) is -7.14. The van der Waals surface area contributed by atoms with E-state index in [1.807, 2.05) is 0 Å². The van der Waals surface area contributed by atoms with Gasteiger partial charge in [0.2, 0.25) is 23.1 Å². The van der Waals surface area contributed by atoms with Gasteiger partial charge < -0.3 is 0 Å². The van der Waals surface area contributed by atoms with Crippen LogP contribution in [0.4, 0.5) is 0 Å². The predicted octanol–water partition coefficient (Wildman–Crippen LogP) is 22.1. The molecular weight excluding hydrogens is 1750 g/mol. The van der Waals surface area contributed by atoms with Crippen LogP contribution in [0.1, 0.15) is 0 Å². The van der Waals surface area contributed by atoms with Gasteiger partial charge in [0.15, 0.2) is 16.1 Å². The van der Waals surface area contributed by atoms with Crippen molar-refractivity contribution >= 4 is 213 Å². The highest BCUT2D eigenvalue weighted by Gasteiger charge is 2.46. The lowest BCUT2D eigenvalue weighted by Crippen LogP contribution is -2.75. The van der Waals surface area contributed by atoms with Crippen molar-refractivity contribution in [2.75, 3.05) is 0 Å². The zero-order valence-electron chi connectivity index (χ0n) is 75.2. The van der Waals surface area contributed by atoms with Crippen LogP contribution in [0.2, 0.25) is 0 Å². The Labute approximate surface area is 800 Å². The smallest absolute Gasteiger partial charge is 0.221 e. The fourth-order valence-electron chi connectivity index (χ4n) is 23.6. The lowest BCUT2D eigenvalue weighted by Gasteiger charge is -2.35. The average Bonchev–Trinajstić information content (AvgIpc) is 1.44. The number of aromatic nitrogens is 16. The van der Waals surface area contributed by atoms with E-state index in [0.29, 0.717) is 11.6 Å². The summed E-state index contributed by atoms with van der Waals surface area (Å²) in [5.74, 6) is 6.20. The summed E-state index contributed by atoms with van der Waals surface area (Å²) < 4.78 is 23.3. The minimum atomic E-state index is -3.61. The summed E-state index contributed by atoms with van der Waals surface area (Å²) in [4.78, 5) is 34.5.